The van der Waals surface area contributed by atoms with Crippen molar-refractivity contribution in [2.24, 2.45) is 5.92 Å². The van der Waals surface area contributed by atoms with Crippen LogP contribution in [0.2, 0.25) is 0 Å². The normalized spacial score (nSPS) is 28.0. The molecule has 15 heavy (non-hydrogen) atoms. The molecule has 0 aromatic rings. The molecule has 90 valence electrons. The maximum absolute atomic E-state index is 5.93. The Morgan fingerprint density at radius 1 is 1.20 bits per heavy atom. The van der Waals surface area contributed by atoms with Crippen LogP contribution in [0.25, 0.3) is 0 Å². The van der Waals surface area contributed by atoms with E-state index < -0.39 is 0 Å². The van der Waals surface area contributed by atoms with E-state index in [9.17, 15) is 0 Å². The fraction of sp³-hybridized carbons (Fsp3) is 1.00. The minimum atomic E-state index is 0.210. The highest BCUT2D eigenvalue weighted by Crippen LogP contribution is 2.25. The van der Waals surface area contributed by atoms with Crippen molar-refractivity contribution >= 4 is 0 Å². The Bertz CT molecular complexity index is 174. The van der Waals surface area contributed by atoms with Crippen LogP contribution in [-0.4, -0.2) is 24.8 Å². The van der Waals surface area contributed by atoms with Crippen molar-refractivity contribution in [2.45, 2.75) is 65.0 Å². The second kappa shape index (κ2) is 5.86. The first-order valence-corrected chi connectivity index (χ1v) is 6.36. The second-order valence-corrected chi connectivity index (χ2v) is 5.85. The van der Waals surface area contributed by atoms with Gasteiger partial charge in [-0.3, -0.25) is 0 Å². The van der Waals surface area contributed by atoms with Crippen LogP contribution in [0.4, 0.5) is 0 Å². The maximum Gasteiger partial charge on any atom is 0.0601 e. The zero-order valence-corrected chi connectivity index (χ0v) is 10.8. The Kier molecular flexibility index (Phi) is 5.07. The lowest BCUT2D eigenvalue weighted by atomic mass is 9.88. The Labute approximate surface area is 94.8 Å². The third kappa shape index (κ3) is 5.53. The van der Waals surface area contributed by atoms with Gasteiger partial charge in [-0.25, -0.2) is 0 Å². The van der Waals surface area contributed by atoms with Crippen LogP contribution in [0.1, 0.15) is 53.4 Å². The van der Waals surface area contributed by atoms with Crippen molar-refractivity contribution < 1.29 is 4.74 Å². The molecule has 2 atom stereocenters. The van der Waals surface area contributed by atoms with E-state index in [2.05, 4.69) is 33.0 Å². The molecule has 2 nitrogen and oxygen atoms in total. The molecule has 0 aromatic heterocycles. The predicted molar refractivity (Wildman–Crippen MR) is 65.1 cm³/mol. The van der Waals surface area contributed by atoms with Gasteiger partial charge in [-0.1, -0.05) is 19.8 Å². The molecule has 1 N–H and O–H groups in total. The Hall–Kier alpha value is -0.0800. The van der Waals surface area contributed by atoms with Gasteiger partial charge >= 0.3 is 0 Å². The topological polar surface area (TPSA) is 21.3 Å². The molecule has 0 aromatic carbocycles. The Morgan fingerprint density at radius 2 is 1.87 bits per heavy atom. The smallest absolute Gasteiger partial charge is 0.0601 e. The quantitative estimate of drug-likeness (QED) is 0.725. The molecule has 0 heterocycles. The first-order chi connectivity index (χ1) is 6.99. The molecule has 1 aliphatic carbocycles. The highest BCUT2D eigenvalue weighted by Gasteiger charge is 2.21. The van der Waals surface area contributed by atoms with Crippen molar-refractivity contribution in [1.29, 1.82) is 0 Å². The SMILES string of the molecule is CC1CCCCC1OCCNC(C)(C)C. The minimum Gasteiger partial charge on any atom is -0.377 e. The van der Waals surface area contributed by atoms with E-state index in [1.54, 1.807) is 0 Å². The Morgan fingerprint density at radius 3 is 2.47 bits per heavy atom. The summed E-state index contributed by atoms with van der Waals surface area (Å²) in [6.07, 6.45) is 5.86. The first-order valence-electron chi connectivity index (χ1n) is 6.36. The molecule has 0 bridgehead atoms. The van der Waals surface area contributed by atoms with Crippen LogP contribution in [-0.2, 0) is 4.74 Å². The summed E-state index contributed by atoms with van der Waals surface area (Å²) in [6, 6.07) is 0. The third-order valence-electron chi connectivity index (χ3n) is 3.12. The number of ether oxygens (including phenoxy) is 1. The third-order valence-corrected chi connectivity index (χ3v) is 3.12. The van der Waals surface area contributed by atoms with E-state index in [1.807, 2.05) is 0 Å². The van der Waals surface area contributed by atoms with E-state index in [0.717, 1.165) is 19.1 Å². The monoisotopic (exact) mass is 213 g/mol. The molecule has 1 rings (SSSR count). The van der Waals surface area contributed by atoms with Crippen LogP contribution < -0.4 is 5.32 Å². The van der Waals surface area contributed by atoms with Crippen molar-refractivity contribution in [3.63, 3.8) is 0 Å². The summed E-state index contributed by atoms with van der Waals surface area (Å²) in [5.74, 6) is 0.758. The van der Waals surface area contributed by atoms with Gasteiger partial charge in [0.1, 0.15) is 0 Å². The van der Waals surface area contributed by atoms with Crippen LogP contribution >= 0.6 is 0 Å². The van der Waals surface area contributed by atoms with Gasteiger partial charge in [-0.05, 0) is 39.5 Å². The fourth-order valence-electron chi connectivity index (χ4n) is 2.17. The summed E-state index contributed by atoms with van der Waals surface area (Å²) < 4.78 is 5.93. The average Bonchev–Trinajstić information content (AvgIpc) is 2.13. The zero-order valence-electron chi connectivity index (χ0n) is 10.8. The summed E-state index contributed by atoms with van der Waals surface area (Å²) in [4.78, 5) is 0. The van der Waals surface area contributed by atoms with Gasteiger partial charge in [0.25, 0.3) is 0 Å². The molecule has 0 saturated heterocycles. The number of rotatable bonds is 4. The lowest BCUT2D eigenvalue weighted by Crippen LogP contribution is -2.39. The molecular formula is C13H27NO. The standard InChI is InChI=1S/C13H27NO/c1-11-7-5-6-8-12(11)15-10-9-14-13(2,3)4/h11-12,14H,5-10H2,1-4H3. The van der Waals surface area contributed by atoms with Gasteiger partial charge in [0.15, 0.2) is 0 Å². The lowest BCUT2D eigenvalue weighted by Gasteiger charge is -2.29. The molecule has 1 saturated carbocycles. The van der Waals surface area contributed by atoms with Gasteiger partial charge in [-0.15, -0.1) is 0 Å². The molecule has 1 fully saturated rings. The molecule has 0 aliphatic heterocycles. The average molecular weight is 213 g/mol. The van der Waals surface area contributed by atoms with Gasteiger partial charge in [-0.2, -0.15) is 0 Å². The molecule has 0 amide bonds. The summed E-state index contributed by atoms with van der Waals surface area (Å²) in [6.45, 7) is 10.7. The number of hydrogen-bond acceptors (Lipinski definition) is 2. The van der Waals surface area contributed by atoms with E-state index in [4.69, 9.17) is 4.74 Å². The van der Waals surface area contributed by atoms with Crippen LogP contribution in [0, 0.1) is 5.92 Å². The van der Waals surface area contributed by atoms with Crippen molar-refractivity contribution in [2.75, 3.05) is 13.2 Å². The molecule has 2 unspecified atom stereocenters. The number of nitrogens with one attached hydrogen (secondary N) is 1. The van der Waals surface area contributed by atoms with Crippen LogP contribution in [0.15, 0.2) is 0 Å². The van der Waals surface area contributed by atoms with E-state index in [0.29, 0.717) is 6.10 Å². The van der Waals surface area contributed by atoms with Gasteiger partial charge in [0.2, 0.25) is 0 Å². The van der Waals surface area contributed by atoms with Crippen LogP contribution in [0.3, 0.4) is 0 Å². The summed E-state index contributed by atoms with van der Waals surface area (Å²) >= 11 is 0. The van der Waals surface area contributed by atoms with E-state index in [-0.39, 0.29) is 5.54 Å². The van der Waals surface area contributed by atoms with Gasteiger partial charge in [0.05, 0.1) is 12.7 Å². The lowest BCUT2D eigenvalue weighted by molar-refractivity contribution is -0.00462. The van der Waals surface area contributed by atoms with Crippen molar-refractivity contribution in [3.8, 4) is 0 Å². The summed E-state index contributed by atoms with van der Waals surface area (Å²) in [5.41, 5.74) is 0.210. The minimum absolute atomic E-state index is 0.210. The maximum atomic E-state index is 5.93. The zero-order chi connectivity index (χ0) is 11.3. The molecule has 2 heteroatoms. The molecule has 0 spiro atoms. The molecule has 1 aliphatic rings. The second-order valence-electron chi connectivity index (χ2n) is 5.85. The predicted octanol–water partition coefficient (Wildman–Crippen LogP) is 2.97. The largest absolute Gasteiger partial charge is 0.377 e. The van der Waals surface area contributed by atoms with Crippen molar-refractivity contribution in [3.05, 3.63) is 0 Å². The van der Waals surface area contributed by atoms with E-state index in [1.165, 1.54) is 25.7 Å². The summed E-state index contributed by atoms with van der Waals surface area (Å²) in [5, 5.41) is 3.45. The Balaban J connectivity index is 2.08. The highest BCUT2D eigenvalue weighted by molar-refractivity contribution is 4.73. The van der Waals surface area contributed by atoms with Crippen LogP contribution in [0.5, 0.6) is 0 Å². The highest BCUT2D eigenvalue weighted by atomic mass is 16.5. The van der Waals surface area contributed by atoms with Crippen molar-refractivity contribution in [1.82, 2.24) is 5.32 Å². The number of hydrogen-bond donors (Lipinski definition) is 1. The first kappa shape index (κ1) is 13.0. The molecule has 0 radical (unpaired) electrons. The molecular weight excluding hydrogens is 186 g/mol. The fourth-order valence-corrected chi connectivity index (χ4v) is 2.17. The van der Waals surface area contributed by atoms with Gasteiger partial charge < -0.3 is 10.1 Å². The van der Waals surface area contributed by atoms with Gasteiger partial charge in [0, 0.05) is 12.1 Å². The van der Waals surface area contributed by atoms with E-state index >= 15 is 0 Å². The summed E-state index contributed by atoms with van der Waals surface area (Å²) in [7, 11) is 0.